The summed E-state index contributed by atoms with van der Waals surface area (Å²) in [5.74, 6) is -0.274. The second-order valence-corrected chi connectivity index (χ2v) is 6.09. The zero-order valence-electron chi connectivity index (χ0n) is 12.3. The number of carbonyl (C=O) groups is 1. The minimum Gasteiger partial charge on any atom is -0.462 e. The van der Waals surface area contributed by atoms with Crippen LogP contribution >= 0.6 is 15.9 Å². The number of halogens is 1. The van der Waals surface area contributed by atoms with Gasteiger partial charge in [0.05, 0.1) is 12.2 Å². The maximum Gasteiger partial charge on any atom is 0.323 e. The highest BCUT2D eigenvalue weighted by molar-refractivity contribution is 9.10. The first-order valence-corrected chi connectivity index (χ1v) is 7.44. The minimum absolute atomic E-state index is 0.131. The van der Waals surface area contributed by atoms with Crippen molar-refractivity contribution in [3.05, 3.63) is 34.3 Å². The number of nitrogens with zero attached hydrogens (tertiary/aromatic N) is 1. The van der Waals surface area contributed by atoms with E-state index in [2.05, 4.69) is 15.9 Å². The third-order valence-electron chi connectivity index (χ3n) is 3.05. The van der Waals surface area contributed by atoms with E-state index in [9.17, 15) is 9.90 Å². The summed E-state index contributed by atoms with van der Waals surface area (Å²) in [7, 11) is 1.80. The van der Waals surface area contributed by atoms with Crippen LogP contribution in [0.3, 0.4) is 0 Å². The van der Waals surface area contributed by atoms with Crippen LogP contribution in [0.25, 0.3) is 0 Å². The van der Waals surface area contributed by atoms with Gasteiger partial charge in [-0.1, -0.05) is 28.1 Å². The van der Waals surface area contributed by atoms with Crippen molar-refractivity contribution < 1.29 is 14.6 Å². The lowest BCUT2D eigenvalue weighted by Crippen LogP contribution is -2.40. The van der Waals surface area contributed by atoms with Crippen LogP contribution in [0.5, 0.6) is 0 Å². The molecule has 0 aliphatic carbocycles. The molecule has 0 heterocycles. The quantitative estimate of drug-likeness (QED) is 0.807. The van der Waals surface area contributed by atoms with Crippen LogP contribution in [0.1, 0.15) is 32.4 Å². The van der Waals surface area contributed by atoms with Crippen molar-refractivity contribution in [2.24, 2.45) is 0 Å². The lowest BCUT2D eigenvalue weighted by Gasteiger charge is -2.26. The molecule has 1 rings (SSSR count). The number of aliphatic hydroxyl groups is 1. The molecule has 112 valence electrons. The SMILES string of the molecule is CC(C)OC(=O)C(C)N(C)CC(O)c1cccc(Br)c1. The Hall–Kier alpha value is -0.910. The Morgan fingerprint density at radius 1 is 1.40 bits per heavy atom. The molecule has 2 atom stereocenters. The van der Waals surface area contributed by atoms with Crippen molar-refractivity contribution in [2.75, 3.05) is 13.6 Å². The monoisotopic (exact) mass is 343 g/mol. The van der Waals surface area contributed by atoms with E-state index in [0.717, 1.165) is 10.0 Å². The lowest BCUT2D eigenvalue weighted by atomic mass is 10.1. The molecule has 1 N–H and O–H groups in total. The van der Waals surface area contributed by atoms with Gasteiger partial charge in [-0.15, -0.1) is 0 Å². The second-order valence-electron chi connectivity index (χ2n) is 5.17. The molecule has 4 nitrogen and oxygen atoms in total. The highest BCUT2D eigenvalue weighted by atomic mass is 79.9. The Morgan fingerprint density at radius 2 is 2.05 bits per heavy atom. The molecule has 0 saturated heterocycles. The van der Waals surface area contributed by atoms with Crippen molar-refractivity contribution >= 4 is 21.9 Å². The zero-order valence-corrected chi connectivity index (χ0v) is 13.9. The Labute approximate surface area is 128 Å². The van der Waals surface area contributed by atoms with E-state index in [-0.39, 0.29) is 18.1 Å². The van der Waals surface area contributed by atoms with Crippen molar-refractivity contribution in [1.29, 1.82) is 0 Å². The van der Waals surface area contributed by atoms with Crippen molar-refractivity contribution in [3.8, 4) is 0 Å². The van der Waals surface area contributed by atoms with Crippen molar-refractivity contribution in [2.45, 2.75) is 39.0 Å². The first-order valence-electron chi connectivity index (χ1n) is 6.65. The predicted octanol–water partition coefficient (Wildman–Crippen LogP) is 2.75. The number of benzene rings is 1. The maximum absolute atomic E-state index is 11.8. The molecule has 0 saturated carbocycles. The van der Waals surface area contributed by atoms with Gasteiger partial charge in [-0.05, 0) is 45.5 Å². The standard InChI is InChI=1S/C15H22BrNO3/c1-10(2)20-15(19)11(3)17(4)9-14(18)12-6-5-7-13(16)8-12/h5-8,10-11,14,18H,9H2,1-4H3. The summed E-state index contributed by atoms with van der Waals surface area (Å²) in [5, 5.41) is 10.2. The molecule has 0 fully saturated rings. The molecule has 0 aromatic heterocycles. The van der Waals surface area contributed by atoms with E-state index in [1.165, 1.54) is 0 Å². The summed E-state index contributed by atoms with van der Waals surface area (Å²) < 4.78 is 6.09. The highest BCUT2D eigenvalue weighted by Crippen LogP contribution is 2.19. The smallest absolute Gasteiger partial charge is 0.323 e. The van der Waals surface area contributed by atoms with Gasteiger partial charge in [-0.2, -0.15) is 0 Å². The Balaban J connectivity index is 2.61. The summed E-state index contributed by atoms with van der Waals surface area (Å²) in [6.07, 6.45) is -0.778. The van der Waals surface area contributed by atoms with Gasteiger partial charge in [0.1, 0.15) is 6.04 Å². The third kappa shape index (κ3) is 5.23. The van der Waals surface area contributed by atoms with Crippen LogP contribution < -0.4 is 0 Å². The summed E-state index contributed by atoms with van der Waals surface area (Å²) in [4.78, 5) is 13.6. The van der Waals surface area contributed by atoms with Crippen LogP contribution in [-0.4, -0.2) is 41.7 Å². The van der Waals surface area contributed by atoms with Crippen LogP contribution in [0, 0.1) is 0 Å². The number of aliphatic hydroxyl groups excluding tert-OH is 1. The van der Waals surface area contributed by atoms with Gasteiger partial charge in [-0.25, -0.2) is 0 Å². The molecule has 2 unspecified atom stereocenters. The molecular formula is C15H22BrNO3. The van der Waals surface area contributed by atoms with Crippen LogP contribution in [0.2, 0.25) is 0 Å². The number of hydrogen-bond acceptors (Lipinski definition) is 4. The normalized spacial score (nSPS) is 14.4. The first kappa shape index (κ1) is 17.1. The topological polar surface area (TPSA) is 49.8 Å². The minimum atomic E-state index is -0.646. The van der Waals surface area contributed by atoms with E-state index in [0.29, 0.717) is 6.54 Å². The number of esters is 1. The molecule has 0 bridgehead atoms. The predicted molar refractivity (Wildman–Crippen MR) is 82.4 cm³/mol. The van der Waals surface area contributed by atoms with Gasteiger partial charge in [0.2, 0.25) is 0 Å². The molecule has 5 heteroatoms. The Bertz CT molecular complexity index is 450. The molecular weight excluding hydrogens is 322 g/mol. The summed E-state index contributed by atoms with van der Waals surface area (Å²) in [6, 6.07) is 7.12. The summed E-state index contributed by atoms with van der Waals surface area (Å²) in [6.45, 7) is 5.78. The fraction of sp³-hybridized carbons (Fsp3) is 0.533. The molecule has 0 spiro atoms. The molecule has 0 amide bonds. The first-order chi connectivity index (χ1) is 9.31. The van der Waals surface area contributed by atoms with E-state index in [1.807, 2.05) is 38.1 Å². The fourth-order valence-corrected chi connectivity index (χ4v) is 2.18. The zero-order chi connectivity index (χ0) is 15.3. The van der Waals surface area contributed by atoms with Gasteiger partial charge in [0.15, 0.2) is 0 Å². The molecule has 1 aromatic carbocycles. The molecule has 0 aliphatic rings. The second kappa shape index (κ2) is 7.76. The summed E-state index contributed by atoms with van der Waals surface area (Å²) >= 11 is 3.38. The van der Waals surface area contributed by atoms with E-state index in [4.69, 9.17) is 4.74 Å². The molecule has 0 radical (unpaired) electrons. The Morgan fingerprint density at radius 3 is 2.60 bits per heavy atom. The van der Waals surface area contributed by atoms with Gasteiger partial charge in [0, 0.05) is 11.0 Å². The summed E-state index contributed by atoms with van der Waals surface area (Å²) in [5.41, 5.74) is 0.815. The number of rotatable bonds is 6. The fourth-order valence-electron chi connectivity index (χ4n) is 1.76. The molecule has 20 heavy (non-hydrogen) atoms. The van der Waals surface area contributed by atoms with Gasteiger partial charge >= 0.3 is 5.97 Å². The van der Waals surface area contributed by atoms with E-state index < -0.39 is 6.10 Å². The van der Waals surface area contributed by atoms with Crippen molar-refractivity contribution in [1.82, 2.24) is 4.90 Å². The number of hydrogen-bond donors (Lipinski definition) is 1. The number of ether oxygens (including phenoxy) is 1. The van der Waals surface area contributed by atoms with Crippen LogP contribution in [0.4, 0.5) is 0 Å². The Kier molecular flexibility index (Phi) is 6.65. The molecule has 1 aromatic rings. The highest BCUT2D eigenvalue weighted by Gasteiger charge is 2.22. The maximum atomic E-state index is 11.8. The van der Waals surface area contributed by atoms with Crippen molar-refractivity contribution in [3.63, 3.8) is 0 Å². The van der Waals surface area contributed by atoms with Gasteiger partial charge in [-0.3, -0.25) is 9.69 Å². The average Bonchev–Trinajstić information content (AvgIpc) is 2.36. The number of likely N-dealkylation sites (N-methyl/N-ethyl adjacent to an activating group) is 1. The third-order valence-corrected chi connectivity index (χ3v) is 3.54. The van der Waals surface area contributed by atoms with Gasteiger partial charge in [0.25, 0.3) is 0 Å². The largest absolute Gasteiger partial charge is 0.462 e. The van der Waals surface area contributed by atoms with E-state index in [1.54, 1.807) is 18.9 Å². The van der Waals surface area contributed by atoms with Gasteiger partial charge < -0.3 is 9.84 Å². The van der Waals surface area contributed by atoms with Crippen LogP contribution in [0.15, 0.2) is 28.7 Å². The number of carbonyl (C=O) groups excluding carboxylic acids is 1. The average molecular weight is 344 g/mol. The molecule has 0 aliphatic heterocycles. The van der Waals surface area contributed by atoms with E-state index >= 15 is 0 Å². The van der Waals surface area contributed by atoms with Crippen LogP contribution in [-0.2, 0) is 9.53 Å². The lowest BCUT2D eigenvalue weighted by molar-refractivity contribution is -0.153.